The Labute approximate surface area is 148 Å². The van der Waals surface area contributed by atoms with Gasteiger partial charge in [-0.05, 0) is 38.0 Å². The third kappa shape index (κ3) is 5.56. The molecular formula is C18H26N4O3. The monoisotopic (exact) mass is 346 g/mol. The van der Waals surface area contributed by atoms with Gasteiger partial charge in [-0.1, -0.05) is 12.1 Å². The molecule has 0 aliphatic carbocycles. The summed E-state index contributed by atoms with van der Waals surface area (Å²) in [7, 11) is 0. The quantitative estimate of drug-likeness (QED) is 0.721. The maximum absolute atomic E-state index is 12.1. The Balaban J connectivity index is 1.84. The van der Waals surface area contributed by atoms with Crippen LogP contribution in [-0.4, -0.2) is 48.3 Å². The van der Waals surface area contributed by atoms with Crippen LogP contribution in [0.25, 0.3) is 0 Å². The highest BCUT2D eigenvalue weighted by Crippen LogP contribution is 2.21. The number of hydrogen-bond acceptors (Lipinski definition) is 4. The number of benzene rings is 1. The Hall–Kier alpha value is -2.41. The maximum Gasteiger partial charge on any atom is 0.234 e. The first-order valence-corrected chi connectivity index (χ1v) is 8.55. The number of amides is 3. The molecule has 136 valence electrons. The lowest BCUT2D eigenvalue weighted by molar-refractivity contribution is -0.124. The van der Waals surface area contributed by atoms with Gasteiger partial charge < -0.3 is 16.0 Å². The van der Waals surface area contributed by atoms with Gasteiger partial charge in [-0.3, -0.25) is 19.3 Å². The Morgan fingerprint density at radius 1 is 1.24 bits per heavy atom. The molecule has 1 aromatic rings. The standard InChI is InChI=1S/C18H26N4O3/c1-13(2)21(11-16(19)23)12-17(24)20-10-14-5-7-15(8-6-14)22-9-3-4-18(22)25/h5-8,13H,3-4,9-12H2,1-2H3,(H2,19,23)(H,20,24). The number of rotatable bonds is 8. The highest BCUT2D eigenvalue weighted by molar-refractivity contribution is 5.95. The lowest BCUT2D eigenvalue weighted by atomic mass is 10.2. The van der Waals surface area contributed by atoms with Crippen molar-refractivity contribution in [3.63, 3.8) is 0 Å². The van der Waals surface area contributed by atoms with Crippen LogP contribution in [-0.2, 0) is 20.9 Å². The predicted octanol–water partition coefficient (Wildman–Crippen LogP) is 0.625. The first kappa shape index (κ1) is 18.9. The van der Waals surface area contributed by atoms with E-state index in [9.17, 15) is 14.4 Å². The van der Waals surface area contributed by atoms with Crippen LogP contribution in [0.1, 0.15) is 32.3 Å². The van der Waals surface area contributed by atoms with Crippen LogP contribution in [0.2, 0.25) is 0 Å². The molecule has 0 radical (unpaired) electrons. The smallest absolute Gasteiger partial charge is 0.234 e. The van der Waals surface area contributed by atoms with Crippen molar-refractivity contribution in [3.8, 4) is 0 Å². The molecule has 1 aliphatic rings. The van der Waals surface area contributed by atoms with E-state index in [0.29, 0.717) is 13.0 Å². The molecule has 0 saturated carbocycles. The van der Waals surface area contributed by atoms with E-state index in [-0.39, 0.29) is 30.9 Å². The lowest BCUT2D eigenvalue weighted by Crippen LogP contribution is -2.44. The molecule has 0 spiro atoms. The van der Waals surface area contributed by atoms with Crippen molar-refractivity contribution in [1.29, 1.82) is 0 Å². The van der Waals surface area contributed by atoms with Crippen molar-refractivity contribution in [2.75, 3.05) is 24.5 Å². The summed E-state index contributed by atoms with van der Waals surface area (Å²) < 4.78 is 0. The molecule has 7 heteroatoms. The Bertz CT molecular complexity index is 628. The molecule has 0 atom stereocenters. The van der Waals surface area contributed by atoms with Crippen LogP contribution in [0.5, 0.6) is 0 Å². The van der Waals surface area contributed by atoms with Crippen LogP contribution in [0.3, 0.4) is 0 Å². The van der Waals surface area contributed by atoms with E-state index in [4.69, 9.17) is 5.73 Å². The number of anilines is 1. The molecule has 1 fully saturated rings. The van der Waals surface area contributed by atoms with E-state index in [1.807, 2.05) is 38.1 Å². The molecule has 0 unspecified atom stereocenters. The van der Waals surface area contributed by atoms with Crippen LogP contribution in [0.4, 0.5) is 5.69 Å². The Morgan fingerprint density at radius 2 is 1.92 bits per heavy atom. The van der Waals surface area contributed by atoms with Crippen molar-refractivity contribution in [2.45, 2.75) is 39.3 Å². The predicted molar refractivity (Wildman–Crippen MR) is 95.8 cm³/mol. The van der Waals surface area contributed by atoms with Gasteiger partial charge in [-0.25, -0.2) is 0 Å². The van der Waals surface area contributed by atoms with Crippen molar-refractivity contribution < 1.29 is 14.4 Å². The molecule has 2 rings (SSSR count). The largest absolute Gasteiger partial charge is 0.369 e. The van der Waals surface area contributed by atoms with E-state index in [1.165, 1.54) is 0 Å². The van der Waals surface area contributed by atoms with E-state index in [2.05, 4.69) is 5.32 Å². The van der Waals surface area contributed by atoms with Gasteiger partial charge in [-0.2, -0.15) is 0 Å². The molecule has 3 amide bonds. The van der Waals surface area contributed by atoms with Gasteiger partial charge in [0, 0.05) is 31.2 Å². The molecule has 0 aromatic heterocycles. The maximum atomic E-state index is 12.1. The van der Waals surface area contributed by atoms with Gasteiger partial charge in [-0.15, -0.1) is 0 Å². The average molecular weight is 346 g/mol. The zero-order valence-electron chi connectivity index (χ0n) is 14.8. The normalized spacial score (nSPS) is 14.4. The molecular weight excluding hydrogens is 320 g/mol. The average Bonchev–Trinajstić information content (AvgIpc) is 2.98. The zero-order chi connectivity index (χ0) is 18.4. The number of nitrogens with two attached hydrogens (primary N) is 1. The topological polar surface area (TPSA) is 95.7 Å². The van der Waals surface area contributed by atoms with Gasteiger partial charge in [0.05, 0.1) is 13.1 Å². The van der Waals surface area contributed by atoms with E-state index >= 15 is 0 Å². The second kappa shape index (κ2) is 8.62. The van der Waals surface area contributed by atoms with Crippen LogP contribution in [0, 0.1) is 0 Å². The number of carbonyl (C=O) groups is 3. The van der Waals surface area contributed by atoms with Gasteiger partial charge >= 0.3 is 0 Å². The highest BCUT2D eigenvalue weighted by atomic mass is 16.2. The summed E-state index contributed by atoms with van der Waals surface area (Å²) in [6.07, 6.45) is 1.50. The van der Waals surface area contributed by atoms with Crippen LogP contribution in [0.15, 0.2) is 24.3 Å². The summed E-state index contributed by atoms with van der Waals surface area (Å²) >= 11 is 0. The Morgan fingerprint density at radius 3 is 2.44 bits per heavy atom. The molecule has 1 heterocycles. The summed E-state index contributed by atoms with van der Waals surface area (Å²) in [6.45, 7) is 5.17. The van der Waals surface area contributed by atoms with Gasteiger partial charge in [0.1, 0.15) is 0 Å². The Kier molecular flexibility index (Phi) is 6.52. The molecule has 1 aliphatic heterocycles. The molecule has 1 aromatic carbocycles. The third-order valence-corrected chi connectivity index (χ3v) is 4.25. The van der Waals surface area contributed by atoms with E-state index < -0.39 is 5.91 Å². The second-order valence-corrected chi connectivity index (χ2v) is 6.56. The first-order chi connectivity index (χ1) is 11.9. The summed E-state index contributed by atoms with van der Waals surface area (Å²) in [4.78, 5) is 38.4. The van der Waals surface area contributed by atoms with Crippen molar-refractivity contribution in [3.05, 3.63) is 29.8 Å². The number of nitrogens with zero attached hydrogens (tertiary/aromatic N) is 2. The van der Waals surface area contributed by atoms with E-state index in [1.54, 1.807) is 9.80 Å². The minimum Gasteiger partial charge on any atom is -0.369 e. The molecule has 1 saturated heterocycles. The van der Waals surface area contributed by atoms with E-state index in [0.717, 1.165) is 24.2 Å². The first-order valence-electron chi connectivity index (χ1n) is 8.55. The summed E-state index contributed by atoms with van der Waals surface area (Å²) in [5.41, 5.74) is 7.05. The lowest BCUT2D eigenvalue weighted by Gasteiger charge is -2.24. The minimum absolute atomic E-state index is 0.0514. The summed E-state index contributed by atoms with van der Waals surface area (Å²) in [6, 6.07) is 7.67. The van der Waals surface area contributed by atoms with Crippen molar-refractivity contribution in [2.24, 2.45) is 5.73 Å². The number of carbonyl (C=O) groups excluding carboxylic acids is 3. The molecule has 25 heavy (non-hydrogen) atoms. The van der Waals surface area contributed by atoms with Crippen LogP contribution < -0.4 is 16.0 Å². The molecule has 7 nitrogen and oxygen atoms in total. The zero-order valence-corrected chi connectivity index (χ0v) is 14.8. The van der Waals surface area contributed by atoms with Crippen LogP contribution >= 0.6 is 0 Å². The third-order valence-electron chi connectivity index (χ3n) is 4.25. The number of hydrogen-bond donors (Lipinski definition) is 2. The van der Waals surface area contributed by atoms with Gasteiger partial charge in [0.25, 0.3) is 0 Å². The minimum atomic E-state index is -0.450. The van der Waals surface area contributed by atoms with Gasteiger partial charge in [0.2, 0.25) is 17.7 Å². The fraction of sp³-hybridized carbons (Fsp3) is 0.500. The number of primary amides is 1. The summed E-state index contributed by atoms with van der Waals surface area (Å²) in [5.74, 6) is -0.452. The summed E-state index contributed by atoms with van der Waals surface area (Å²) in [5, 5.41) is 2.84. The van der Waals surface area contributed by atoms with Crippen molar-refractivity contribution in [1.82, 2.24) is 10.2 Å². The van der Waals surface area contributed by atoms with Gasteiger partial charge in [0.15, 0.2) is 0 Å². The number of nitrogens with one attached hydrogen (secondary N) is 1. The fourth-order valence-electron chi connectivity index (χ4n) is 2.78. The molecule has 0 bridgehead atoms. The highest BCUT2D eigenvalue weighted by Gasteiger charge is 2.21. The van der Waals surface area contributed by atoms with Crippen molar-refractivity contribution >= 4 is 23.4 Å². The second-order valence-electron chi connectivity index (χ2n) is 6.56. The SMILES string of the molecule is CC(C)N(CC(N)=O)CC(=O)NCc1ccc(N2CCCC2=O)cc1. The fourth-order valence-corrected chi connectivity index (χ4v) is 2.78. The molecule has 3 N–H and O–H groups in total.